The van der Waals surface area contributed by atoms with E-state index in [1.54, 1.807) is 27.2 Å². The number of nitrogens with one attached hydrogen (secondary N) is 1. The Hall–Kier alpha value is -2.42. The summed E-state index contributed by atoms with van der Waals surface area (Å²) in [6.45, 7) is 3.99. The second-order valence-corrected chi connectivity index (χ2v) is 9.37. The van der Waals surface area contributed by atoms with Gasteiger partial charge in [0.1, 0.15) is 0 Å². The van der Waals surface area contributed by atoms with Gasteiger partial charge in [0.05, 0.1) is 29.8 Å². The fraction of sp³-hybridized carbons (Fsp3) is 0.286. The lowest BCUT2D eigenvalue weighted by atomic mass is 10.1. The van der Waals surface area contributed by atoms with Crippen molar-refractivity contribution in [3.8, 4) is 22.8 Å². The molecule has 0 spiro atoms. The molecule has 2 aromatic carbocycles. The predicted molar refractivity (Wildman–Crippen MR) is 115 cm³/mol. The first kappa shape index (κ1) is 21.3. The smallest absolute Gasteiger partial charge is 0.240 e. The number of ether oxygens (including phenoxy) is 2. The zero-order chi connectivity index (χ0) is 21.0. The average Bonchev–Trinajstić information content (AvgIpc) is 3.14. The lowest BCUT2D eigenvalue weighted by Gasteiger charge is -2.12. The number of thiazole rings is 1. The standard InChI is InChI=1S/C21H24N2O4S2/c1-14-5-7-17(18-13-28-15(2)23-18)12-21(14)29(24,25)22-10-9-16-6-8-19(26-3)20(11-16)27-4/h5-8,11-13,22H,9-10H2,1-4H3. The molecule has 1 aromatic heterocycles. The van der Waals surface area contributed by atoms with Crippen molar-refractivity contribution in [1.82, 2.24) is 9.71 Å². The van der Waals surface area contributed by atoms with Crippen molar-refractivity contribution in [3.63, 3.8) is 0 Å². The van der Waals surface area contributed by atoms with Crippen molar-refractivity contribution in [2.45, 2.75) is 25.2 Å². The minimum atomic E-state index is -3.64. The summed E-state index contributed by atoms with van der Waals surface area (Å²) in [5.74, 6) is 1.26. The van der Waals surface area contributed by atoms with Crippen LogP contribution in [-0.2, 0) is 16.4 Å². The number of hydrogen-bond acceptors (Lipinski definition) is 6. The Morgan fingerprint density at radius 3 is 2.45 bits per heavy atom. The van der Waals surface area contributed by atoms with E-state index in [4.69, 9.17) is 9.47 Å². The summed E-state index contributed by atoms with van der Waals surface area (Å²) in [4.78, 5) is 4.72. The van der Waals surface area contributed by atoms with Gasteiger partial charge in [0.15, 0.2) is 11.5 Å². The Labute approximate surface area is 175 Å². The van der Waals surface area contributed by atoms with E-state index in [9.17, 15) is 8.42 Å². The summed E-state index contributed by atoms with van der Waals surface area (Å²) in [6, 6.07) is 10.9. The minimum Gasteiger partial charge on any atom is -0.493 e. The molecule has 1 heterocycles. The molecule has 0 atom stereocenters. The summed E-state index contributed by atoms with van der Waals surface area (Å²) in [6.07, 6.45) is 0.531. The van der Waals surface area contributed by atoms with Crippen LogP contribution in [0.5, 0.6) is 11.5 Å². The fourth-order valence-electron chi connectivity index (χ4n) is 2.99. The van der Waals surface area contributed by atoms with E-state index in [1.165, 1.54) is 11.3 Å². The molecule has 0 saturated carbocycles. The summed E-state index contributed by atoms with van der Waals surface area (Å²) in [5.41, 5.74) is 3.22. The SMILES string of the molecule is COc1ccc(CCNS(=O)(=O)c2cc(-c3csc(C)n3)ccc2C)cc1OC. The van der Waals surface area contributed by atoms with E-state index in [-0.39, 0.29) is 11.4 Å². The molecule has 3 aromatic rings. The number of benzene rings is 2. The minimum absolute atomic E-state index is 0.271. The van der Waals surface area contributed by atoms with Gasteiger partial charge in [-0.05, 0) is 49.6 Å². The van der Waals surface area contributed by atoms with Crippen LogP contribution in [0.4, 0.5) is 0 Å². The quantitative estimate of drug-likeness (QED) is 0.583. The van der Waals surface area contributed by atoms with Crippen molar-refractivity contribution >= 4 is 21.4 Å². The van der Waals surface area contributed by atoms with Crippen molar-refractivity contribution < 1.29 is 17.9 Å². The van der Waals surface area contributed by atoms with Gasteiger partial charge < -0.3 is 9.47 Å². The normalized spacial score (nSPS) is 11.4. The number of nitrogens with zero attached hydrogens (tertiary/aromatic N) is 1. The highest BCUT2D eigenvalue weighted by molar-refractivity contribution is 7.89. The number of rotatable bonds is 8. The third kappa shape index (κ3) is 4.95. The average molecular weight is 433 g/mol. The molecule has 0 bridgehead atoms. The summed E-state index contributed by atoms with van der Waals surface area (Å²) in [5, 5.41) is 2.87. The lowest BCUT2D eigenvalue weighted by molar-refractivity contribution is 0.354. The van der Waals surface area contributed by atoms with Crippen LogP contribution < -0.4 is 14.2 Å². The lowest BCUT2D eigenvalue weighted by Crippen LogP contribution is -2.26. The van der Waals surface area contributed by atoms with Gasteiger partial charge in [-0.25, -0.2) is 18.1 Å². The molecule has 0 fully saturated rings. The molecule has 154 valence electrons. The molecule has 0 saturated heterocycles. The van der Waals surface area contributed by atoms with Gasteiger partial charge >= 0.3 is 0 Å². The first-order chi connectivity index (χ1) is 13.8. The van der Waals surface area contributed by atoms with E-state index in [2.05, 4.69) is 9.71 Å². The highest BCUT2D eigenvalue weighted by Crippen LogP contribution is 2.28. The highest BCUT2D eigenvalue weighted by atomic mass is 32.2. The van der Waals surface area contributed by atoms with Crippen LogP contribution in [0.3, 0.4) is 0 Å². The van der Waals surface area contributed by atoms with Gasteiger partial charge in [0.25, 0.3) is 0 Å². The zero-order valence-corrected chi connectivity index (χ0v) is 18.5. The van der Waals surface area contributed by atoms with Crippen molar-refractivity contribution in [1.29, 1.82) is 0 Å². The molecule has 1 N–H and O–H groups in total. The Morgan fingerprint density at radius 2 is 1.79 bits per heavy atom. The third-order valence-corrected chi connectivity index (χ3v) is 6.92. The van der Waals surface area contributed by atoms with Crippen LogP contribution in [0.1, 0.15) is 16.1 Å². The monoisotopic (exact) mass is 432 g/mol. The van der Waals surface area contributed by atoms with Gasteiger partial charge in [-0.15, -0.1) is 11.3 Å². The number of sulfonamides is 1. The van der Waals surface area contributed by atoms with Crippen LogP contribution in [0.2, 0.25) is 0 Å². The molecular formula is C21H24N2O4S2. The Morgan fingerprint density at radius 1 is 1.03 bits per heavy atom. The van der Waals surface area contributed by atoms with Crippen molar-refractivity contribution in [2.24, 2.45) is 0 Å². The van der Waals surface area contributed by atoms with Gasteiger partial charge in [0.2, 0.25) is 10.0 Å². The van der Waals surface area contributed by atoms with Gasteiger partial charge in [-0.3, -0.25) is 0 Å². The molecule has 0 amide bonds. The Kier molecular flexibility index (Phi) is 6.56. The summed E-state index contributed by atoms with van der Waals surface area (Å²) in [7, 11) is -0.492. The zero-order valence-electron chi connectivity index (χ0n) is 16.9. The maximum absolute atomic E-state index is 12.9. The topological polar surface area (TPSA) is 77.5 Å². The van der Waals surface area contributed by atoms with Crippen LogP contribution in [0.15, 0.2) is 46.7 Å². The third-order valence-electron chi connectivity index (χ3n) is 4.55. The van der Waals surface area contributed by atoms with Crippen molar-refractivity contribution in [2.75, 3.05) is 20.8 Å². The molecular weight excluding hydrogens is 408 g/mol. The van der Waals surface area contributed by atoms with Crippen LogP contribution >= 0.6 is 11.3 Å². The number of aryl methyl sites for hydroxylation is 2. The molecule has 29 heavy (non-hydrogen) atoms. The number of hydrogen-bond donors (Lipinski definition) is 1. The van der Waals surface area contributed by atoms with Crippen LogP contribution in [0, 0.1) is 13.8 Å². The van der Waals surface area contributed by atoms with E-state index < -0.39 is 10.0 Å². The van der Waals surface area contributed by atoms with E-state index >= 15 is 0 Å². The molecule has 0 radical (unpaired) electrons. The second-order valence-electron chi connectivity index (χ2n) is 6.57. The molecule has 6 nitrogen and oxygen atoms in total. The molecule has 0 aliphatic heterocycles. The number of methoxy groups -OCH3 is 2. The largest absolute Gasteiger partial charge is 0.493 e. The molecule has 3 rings (SSSR count). The van der Waals surface area contributed by atoms with Gasteiger partial charge in [-0.1, -0.05) is 18.2 Å². The summed E-state index contributed by atoms with van der Waals surface area (Å²) < 4.78 is 39.0. The van der Waals surface area contributed by atoms with E-state index in [0.717, 1.165) is 21.8 Å². The maximum Gasteiger partial charge on any atom is 0.240 e. The maximum atomic E-state index is 12.9. The first-order valence-corrected chi connectivity index (χ1v) is 11.4. The Bertz CT molecular complexity index is 1110. The van der Waals surface area contributed by atoms with E-state index in [0.29, 0.717) is 23.5 Å². The molecule has 0 aliphatic carbocycles. The molecule has 8 heteroatoms. The van der Waals surface area contributed by atoms with Gasteiger partial charge in [0, 0.05) is 17.5 Å². The second kappa shape index (κ2) is 8.94. The van der Waals surface area contributed by atoms with Gasteiger partial charge in [-0.2, -0.15) is 0 Å². The number of aromatic nitrogens is 1. The fourth-order valence-corrected chi connectivity index (χ4v) is 4.91. The predicted octanol–water partition coefficient (Wildman–Crippen LogP) is 3.97. The Balaban J connectivity index is 1.74. The van der Waals surface area contributed by atoms with Crippen molar-refractivity contribution in [3.05, 3.63) is 57.9 Å². The molecule has 0 unspecified atom stereocenters. The van der Waals surface area contributed by atoms with Crippen LogP contribution in [-0.4, -0.2) is 34.2 Å². The summed E-state index contributed by atoms with van der Waals surface area (Å²) >= 11 is 1.54. The molecule has 0 aliphatic rings. The first-order valence-electron chi connectivity index (χ1n) is 9.08. The van der Waals surface area contributed by atoms with E-state index in [1.807, 2.05) is 42.6 Å². The van der Waals surface area contributed by atoms with Crippen LogP contribution in [0.25, 0.3) is 11.3 Å². The highest BCUT2D eigenvalue weighted by Gasteiger charge is 2.18.